The van der Waals surface area contributed by atoms with Crippen molar-refractivity contribution >= 4 is 34.7 Å². The molecular formula is C19H18ClN9O. The Hall–Kier alpha value is -3.53. The first-order valence-electron chi connectivity index (χ1n) is 9.55. The summed E-state index contributed by atoms with van der Waals surface area (Å²) >= 11 is 6.15. The van der Waals surface area contributed by atoms with Crippen molar-refractivity contribution in [3.05, 3.63) is 54.3 Å². The topological polar surface area (TPSA) is 106 Å². The van der Waals surface area contributed by atoms with Crippen LogP contribution in [0, 0.1) is 5.92 Å². The van der Waals surface area contributed by atoms with E-state index in [0.717, 1.165) is 31.7 Å². The van der Waals surface area contributed by atoms with Gasteiger partial charge in [0.25, 0.3) is 0 Å². The number of aromatic nitrogens is 7. The van der Waals surface area contributed by atoms with Crippen LogP contribution < -0.4 is 10.2 Å². The maximum atomic E-state index is 12.9. The van der Waals surface area contributed by atoms with Crippen LogP contribution in [-0.2, 0) is 4.79 Å². The molecule has 5 rings (SSSR count). The van der Waals surface area contributed by atoms with E-state index in [1.165, 1.54) is 6.33 Å². The maximum Gasteiger partial charge on any atom is 0.227 e. The minimum absolute atomic E-state index is 0.0273. The fourth-order valence-electron chi connectivity index (χ4n) is 3.63. The van der Waals surface area contributed by atoms with E-state index in [4.69, 9.17) is 11.6 Å². The van der Waals surface area contributed by atoms with Crippen molar-refractivity contribution in [2.45, 2.75) is 12.8 Å². The van der Waals surface area contributed by atoms with Crippen molar-refractivity contribution in [3.8, 4) is 5.69 Å². The third-order valence-electron chi connectivity index (χ3n) is 5.22. The molecular weight excluding hydrogens is 406 g/mol. The first kappa shape index (κ1) is 18.5. The Labute approximate surface area is 176 Å². The minimum Gasteiger partial charge on any atom is -0.355 e. The largest absolute Gasteiger partial charge is 0.355 e. The highest BCUT2D eigenvalue weighted by atomic mass is 35.5. The molecule has 1 saturated heterocycles. The van der Waals surface area contributed by atoms with Gasteiger partial charge in [-0.2, -0.15) is 9.61 Å². The Morgan fingerprint density at radius 2 is 2.00 bits per heavy atom. The number of piperidine rings is 1. The number of carbonyl (C=O) groups is 1. The van der Waals surface area contributed by atoms with Gasteiger partial charge in [-0.25, -0.2) is 9.67 Å². The van der Waals surface area contributed by atoms with Gasteiger partial charge < -0.3 is 10.2 Å². The van der Waals surface area contributed by atoms with Gasteiger partial charge in [0.2, 0.25) is 5.91 Å². The quantitative estimate of drug-likeness (QED) is 0.536. The van der Waals surface area contributed by atoms with E-state index in [0.29, 0.717) is 22.0 Å². The molecule has 0 spiro atoms. The van der Waals surface area contributed by atoms with E-state index in [1.807, 2.05) is 18.2 Å². The van der Waals surface area contributed by atoms with E-state index in [-0.39, 0.29) is 11.8 Å². The summed E-state index contributed by atoms with van der Waals surface area (Å²) in [6, 6.07) is 9.11. The van der Waals surface area contributed by atoms with Gasteiger partial charge in [0.15, 0.2) is 5.65 Å². The zero-order valence-electron chi connectivity index (χ0n) is 15.9. The van der Waals surface area contributed by atoms with Crippen LogP contribution in [0.3, 0.4) is 0 Å². The molecule has 0 unspecified atom stereocenters. The Bertz CT molecular complexity index is 1180. The lowest BCUT2D eigenvalue weighted by Crippen LogP contribution is -2.38. The number of rotatable bonds is 4. The van der Waals surface area contributed by atoms with Crippen LogP contribution in [0.1, 0.15) is 12.8 Å². The number of amides is 1. The molecule has 1 fully saturated rings. The molecule has 0 saturated carbocycles. The van der Waals surface area contributed by atoms with Crippen molar-refractivity contribution in [2.75, 3.05) is 23.3 Å². The predicted molar refractivity (Wildman–Crippen MR) is 111 cm³/mol. The smallest absolute Gasteiger partial charge is 0.227 e. The number of anilines is 2. The molecule has 1 N–H and O–H groups in total. The van der Waals surface area contributed by atoms with Crippen LogP contribution >= 0.6 is 11.6 Å². The van der Waals surface area contributed by atoms with Gasteiger partial charge in [-0.05, 0) is 43.2 Å². The summed E-state index contributed by atoms with van der Waals surface area (Å²) in [5, 5.41) is 20.1. The Balaban J connectivity index is 1.27. The molecule has 0 radical (unpaired) electrons. The Morgan fingerprint density at radius 1 is 1.13 bits per heavy atom. The summed E-state index contributed by atoms with van der Waals surface area (Å²) in [6.45, 7) is 1.48. The van der Waals surface area contributed by atoms with Crippen LogP contribution in [0.5, 0.6) is 0 Å². The van der Waals surface area contributed by atoms with Crippen molar-refractivity contribution in [1.82, 2.24) is 34.6 Å². The van der Waals surface area contributed by atoms with Gasteiger partial charge >= 0.3 is 0 Å². The van der Waals surface area contributed by atoms with E-state index in [9.17, 15) is 4.79 Å². The van der Waals surface area contributed by atoms with Gasteiger partial charge in [-0.15, -0.1) is 15.3 Å². The van der Waals surface area contributed by atoms with Crippen LogP contribution in [0.15, 0.2) is 49.3 Å². The van der Waals surface area contributed by atoms with Gasteiger partial charge in [-0.1, -0.05) is 11.6 Å². The summed E-state index contributed by atoms with van der Waals surface area (Å²) in [4.78, 5) is 19.1. The number of halogens is 1. The average molecular weight is 424 g/mol. The molecule has 30 heavy (non-hydrogen) atoms. The van der Waals surface area contributed by atoms with Gasteiger partial charge in [-0.3, -0.25) is 4.79 Å². The van der Waals surface area contributed by atoms with E-state index >= 15 is 0 Å². The number of fused-ring (bicyclic) bond motifs is 1. The second-order valence-electron chi connectivity index (χ2n) is 7.08. The van der Waals surface area contributed by atoms with Crippen molar-refractivity contribution in [1.29, 1.82) is 0 Å². The van der Waals surface area contributed by atoms with Crippen molar-refractivity contribution in [3.63, 3.8) is 0 Å². The molecule has 11 heteroatoms. The zero-order valence-corrected chi connectivity index (χ0v) is 16.6. The molecule has 1 aliphatic rings. The predicted octanol–water partition coefficient (Wildman–Crippen LogP) is 2.21. The molecule has 3 aromatic heterocycles. The normalized spacial score (nSPS) is 14.9. The van der Waals surface area contributed by atoms with Crippen LogP contribution in [-0.4, -0.2) is 53.6 Å². The summed E-state index contributed by atoms with van der Waals surface area (Å²) in [5.41, 5.74) is 2.03. The van der Waals surface area contributed by atoms with Crippen molar-refractivity contribution in [2.24, 2.45) is 5.92 Å². The number of carbonyl (C=O) groups excluding carboxylic acids is 1. The summed E-state index contributed by atoms with van der Waals surface area (Å²) < 4.78 is 3.25. The fourth-order valence-corrected chi connectivity index (χ4v) is 3.81. The Kier molecular flexibility index (Phi) is 4.75. The third kappa shape index (κ3) is 3.57. The zero-order chi connectivity index (χ0) is 20.5. The number of benzene rings is 1. The molecule has 0 aliphatic carbocycles. The lowest BCUT2D eigenvalue weighted by molar-refractivity contribution is -0.120. The van der Waals surface area contributed by atoms with Crippen molar-refractivity contribution < 1.29 is 4.79 Å². The summed E-state index contributed by atoms with van der Waals surface area (Å²) in [7, 11) is 0. The highest BCUT2D eigenvalue weighted by Gasteiger charge is 2.26. The van der Waals surface area contributed by atoms with Gasteiger partial charge in [0.1, 0.15) is 24.8 Å². The lowest BCUT2D eigenvalue weighted by Gasteiger charge is -2.32. The van der Waals surface area contributed by atoms with Gasteiger partial charge in [0, 0.05) is 24.0 Å². The second kappa shape index (κ2) is 7.71. The van der Waals surface area contributed by atoms with E-state index in [1.54, 1.807) is 34.0 Å². The second-order valence-corrected chi connectivity index (χ2v) is 7.51. The van der Waals surface area contributed by atoms with Gasteiger partial charge in [0.05, 0.1) is 11.4 Å². The standard InChI is InChI=1S/C19H18ClN9O/c20-14-1-2-16(28-11-21-10-23-28)15(9-14)24-19(30)13-5-7-27(8-6-13)18-4-3-17-25-22-12-29(17)26-18/h1-4,9-13H,5-8H2,(H,24,30). The highest BCUT2D eigenvalue weighted by molar-refractivity contribution is 6.31. The molecule has 1 aromatic carbocycles. The molecule has 1 aliphatic heterocycles. The number of hydrogen-bond acceptors (Lipinski definition) is 7. The molecule has 10 nitrogen and oxygen atoms in total. The fraction of sp³-hybridized carbons (Fsp3) is 0.263. The number of nitrogens with one attached hydrogen (secondary N) is 1. The summed E-state index contributed by atoms with van der Waals surface area (Å²) in [6.07, 6.45) is 6.06. The molecule has 152 valence electrons. The third-order valence-corrected chi connectivity index (χ3v) is 5.45. The Morgan fingerprint density at radius 3 is 2.80 bits per heavy atom. The van der Waals surface area contributed by atoms with E-state index in [2.05, 4.69) is 35.6 Å². The first-order valence-corrected chi connectivity index (χ1v) is 9.92. The average Bonchev–Trinajstić information content (AvgIpc) is 3.45. The molecule has 1 amide bonds. The van der Waals surface area contributed by atoms with Crippen LogP contribution in [0.25, 0.3) is 11.3 Å². The first-order chi connectivity index (χ1) is 14.7. The molecule has 0 atom stereocenters. The molecule has 0 bridgehead atoms. The maximum absolute atomic E-state index is 12.9. The summed E-state index contributed by atoms with van der Waals surface area (Å²) in [5.74, 6) is 0.729. The lowest BCUT2D eigenvalue weighted by atomic mass is 9.95. The monoisotopic (exact) mass is 423 g/mol. The SMILES string of the molecule is O=C(Nc1cc(Cl)ccc1-n1cncn1)C1CCN(c2ccc3nncn3n2)CC1. The highest BCUT2D eigenvalue weighted by Crippen LogP contribution is 2.27. The number of hydrogen-bond donors (Lipinski definition) is 1. The molecule has 4 heterocycles. The number of nitrogens with zero attached hydrogens (tertiary/aromatic N) is 8. The molecule has 4 aromatic rings. The minimum atomic E-state index is -0.0949. The van der Waals surface area contributed by atoms with E-state index < -0.39 is 0 Å². The van der Waals surface area contributed by atoms with Crippen LogP contribution in [0.2, 0.25) is 5.02 Å². The van der Waals surface area contributed by atoms with Crippen LogP contribution in [0.4, 0.5) is 11.5 Å².